The molecule has 1 aromatic heterocycles. The van der Waals surface area contributed by atoms with Crippen LogP contribution in [0.15, 0.2) is 53.7 Å². The van der Waals surface area contributed by atoms with Gasteiger partial charge in [0.15, 0.2) is 5.96 Å². The lowest BCUT2D eigenvalue weighted by atomic mass is 10.0. The van der Waals surface area contributed by atoms with E-state index in [2.05, 4.69) is 61.9 Å². The van der Waals surface area contributed by atoms with Crippen molar-refractivity contribution in [2.75, 3.05) is 39.1 Å². The topological polar surface area (TPSA) is 55.8 Å². The van der Waals surface area contributed by atoms with Crippen LogP contribution in [-0.2, 0) is 13.1 Å². The number of hydrogen-bond acceptors (Lipinski definition) is 4. The fourth-order valence-electron chi connectivity index (χ4n) is 3.47. The van der Waals surface area contributed by atoms with E-state index in [4.69, 9.17) is 0 Å². The summed E-state index contributed by atoms with van der Waals surface area (Å²) in [6.07, 6.45) is 4.12. The zero-order valence-corrected chi connectivity index (χ0v) is 20.0. The molecule has 1 aliphatic heterocycles. The minimum atomic E-state index is 0. The highest BCUT2D eigenvalue weighted by atomic mass is 127. The maximum absolute atomic E-state index is 4.40. The molecule has 7 heteroatoms. The van der Waals surface area contributed by atoms with Crippen LogP contribution < -0.4 is 15.5 Å². The highest BCUT2D eigenvalue weighted by Gasteiger charge is 2.20. The van der Waals surface area contributed by atoms with E-state index in [0.717, 1.165) is 50.8 Å². The summed E-state index contributed by atoms with van der Waals surface area (Å²) in [4.78, 5) is 13.3. The third kappa shape index (κ3) is 7.47. The summed E-state index contributed by atoms with van der Waals surface area (Å²) in [5.74, 6) is 1.83. The van der Waals surface area contributed by atoms with Crippen LogP contribution in [0.3, 0.4) is 0 Å². The summed E-state index contributed by atoms with van der Waals surface area (Å²) in [5.41, 5.74) is 2.58. The molecule has 0 radical (unpaired) electrons. The van der Waals surface area contributed by atoms with Gasteiger partial charge in [-0.15, -0.1) is 24.0 Å². The molecule has 0 bridgehead atoms. The number of aromatic nitrogens is 1. The van der Waals surface area contributed by atoms with E-state index in [1.165, 1.54) is 11.1 Å². The van der Waals surface area contributed by atoms with Gasteiger partial charge in [-0.25, -0.2) is 4.98 Å². The lowest BCUT2D eigenvalue weighted by Gasteiger charge is -2.33. The van der Waals surface area contributed by atoms with Gasteiger partial charge >= 0.3 is 0 Å². The van der Waals surface area contributed by atoms with Crippen molar-refractivity contribution in [3.8, 4) is 0 Å². The van der Waals surface area contributed by atoms with Gasteiger partial charge in [0, 0.05) is 59.6 Å². The zero-order chi connectivity index (χ0) is 19.8. The second-order valence-corrected chi connectivity index (χ2v) is 7.52. The molecule has 1 saturated heterocycles. The molecule has 1 aliphatic rings. The van der Waals surface area contributed by atoms with Crippen LogP contribution >= 0.6 is 24.0 Å². The Morgan fingerprint density at radius 1 is 1.14 bits per heavy atom. The van der Waals surface area contributed by atoms with Crippen LogP contribution in [0, 0.1) is 0 Å². The number of benzene rings is 1. The van der Waals surface area contributed by atoms with E-state index in [9.17, 15) is 0 Å². The van der Waals surface area contributed by atoms with Crippen molar-refractivity contribution in [1.82, 2.24) is 20.5 Å². The molecule has 0 aliphatic carbocycles. The van der Waals surface area contributed by atoms with Crippen molar-refractivity contribution >= 4 is 35.8 Å². The van der Waals surface area contributed by atoms with Crippen molar-refractivity contribution in [1.29, 1.82) is 0 Å². The predicted octanol–water partition coefficient (Wildman–Crippen LogP) is 3.10. The van der Waals surface area contributed by atoms with Crippen molar-refractivity contribution in [3.05, 3.63) is 59.8 Å². The summed E-state index contributed by atoms with van der Waals surface area (Å²) in [6.45, 7) is 3.99. The van der Waals surface area contributed by atoms with Gasteiger partial charge in [-0.2, -0.15) is 0 Å². The SMILES string of the molecule is CN=C(NCc1ccnc(N(C)C)c1)NC1CCN(Cc2ccccc2)CC1.I. The molecule has 29 heavy (non-hydrogen) atoms. The minimum Gasteiger partial charge on any atom is -0.363 e. The summed E-state index contributed by atoms with van der Waals surface area (Å²) in [7, 11) is 5.84. The largest absolute Gasteiger partial charge is 0.363 e. The molecule has 6 nitrogen and oxygen atoms in total. The number of halogens is 1. The second kappa shape index (κ2) is 12.0. The molecule has 1 fully saturated rings. The molecular formula is C22H33IN6. The highest BCUT2D eigenvalue weighted by molar-refractivity contribution is 14.0. The van der Waals surface area contributed by atoms with E-state index < -0.39 is 0 Å². The van der Waals surface area contributed by atoms with E-state index in [1.54, 1.807) is 0 Å². The smallest absolute Gasteiger partial charge is 0.191 e. The minimum absolute atomic E-state index is 0. The summed E-state index contributed by atoms with van der Waals surface area (Å²) in [6, 6.07) is 15.3. The predicted molar refractivity (Wildman–Crippen MR) is 132 cm³/mol. The lowest BCUT2D eigenvalue weighted by Crippen LogP contribution is -2.48. The number of aliphatic imine (C=N–C) groups is 1. The van der Waals surface area contributed by atoms with Gasteiger partial charge in [0.1, 0.15) is 5.82 Å². The Hall–Kier alpha value is -1.87. The fraction of sp³-hybridized carbons (Fsp3) is 0.455. The number of likely N-dealkylation sites (tertiary alicyclic amines) is 1. The van der Waals surface area contributed by atoms with Crippen LogP contribution in [0.1, 0.15) is 24.0 Å². The van der Waals surface area contributed by atoms with Gasteiger partial charge < -0.3 is 15.5 Å². The monoisotopic (exact) mass is 508 g/mol. The Labute approximate surface area is 191 Å². The highest BCUT2D eigenvalue weighted by Crippen LogP contribution is 2.14. The first kappa shape index (κ1) is 23.4. The van der Waals surface area contributed by atoms with E-state index in [-0.39, 0.29) is 24.0 Å². The molecule has 1 aromatic carbocycles. The first-order valence-electron chi connectivity index (χ1n) is 10.00. The molecule has 0 spiro atoms. The quantitative estimate of drug-likeness (QED) is 0.357. The van der Waals surface area contributed by atoms with Gasteiger partial charge in [-0.05, 0) is 36.1 Å². The molecule has 158 valence electrons. The zero-order valence-electron chi connectivity index (χ0n) is 17.6. The Morgan fingerprint density at radius 2 is 1.86 bits per heavy atom. The number of guanidine groups is 1. The maximum Gasteiger partial charge on any atom is 0.191 e. The third-order valence-corrected chi connectivity index (χ3v) is 5.13. The Balaban J connectivity index is 0.00000300. The number of rotatable bonds is 6. The number of nitrogens with one attached hydrogen (secondary N) is 2. The van der Waals surface area contributed by atoms with E-state index >= 15 is 0 Å². The molecule has 0 atom stereocenters. The van der Waals surface area contributed by atoms with E-state index in [0.29, 0.717) is 6.04 Å². The molecule has 0 saturated carbocycles. The molecular weight excluding hydrogens is 475 g/mol. The third-order valence-electron chi connectivity index (χ3n) is 5.13. The van der Waals surface area contributed by atoms with Gasteiger partial charge in [-0.1, -0.05) is 30.3 Å². The van der Waals surface area contributed by atoms with Gasteiger partial charge in [0.05, 0.1) is 0 Å². The molecule has 2 N–H and O–H groups in total. The molecule has 2 aromatic rings. The molecule has 2 heterocycles. The Bertz CT molecular complexity index is 757. The number of piperidine rings is 1. The van der Waals surface area contributed by atoms with Gasteiger partial charge in [0.2, 0.25) is 0 Å². The number of hydrogen-bond donors (Lipinski definition) is 2. The van der Waals surface area contributed by atoms with Crippen molar-refractivity contribution < 1.29 is 0 Å². The van der Waals surface area contributed by atoms with Crippen LogP contribution in [-0.4, -0.2) is 56.1 Å². The lowest BCUT2D eigenvalue weighted by molar-refractivity contribution is 0.198. The van der Waals surface area contributed by atoms with Gasteiger partial charge in [-0.3, -0.25) is 9.89 Å². The number of nitrogens with zero attached hydrogens (tertiary/aromatic N) is 4. The molecule has 0 amide bonds. The van der Waals surface area contributed by atoms with Crippen molar-refractivity contribution in [3.63, 3.8) is 0 Å². The Morgan fingerprint density at radius 3 is 2.52 bits per heavy atom. The number of anilines is 1. The number of pyridine rings is 1. The summed E-state index contributed by atoms with van der Waals surface area (Å²) >= 11 is 0. The fourth-order valence-corrected chi connectivity index (χ4v) is 3.47. The van der Waals surface area contributed by atoms with Crippen LogP contribution in [0.2, 0.25) is 0 Å². The van der Waals surface area contributed by atoms with Gasteiger partial charge in [0.25, 0.3) is 0 Å². The molecule has 3 rings (SSSR count). The first-order valence-corrected chi connectivity index (χ1v) is 10.00. The Kier molecular flexibility index (Phi) is 9.66. The second-order valence-electron chi connectivity index (χ2n) is 7.52. The van der Waals surface area contributed by atoms with E-state index in [1.807, 2.05) is 38.3 Å². The average Bonchev–Trinajstić information content (AvgIpc) is 2.73. The summed E-state index contributed by atoms with van der Waals surface area (Å²) in [5, 5.41) is 7.01. The summed E-state index contributed by atoms with van der Waals surface area (Å²) < 4.78 is 0. The normalized spacial score (nSPS) is 15.5. The molecule has 0 unspecified atom stereocenters. The van der Waals surface area contributed by atoms with Crippen molar-refractivity contribution in [2.24, 2.45) is 4.99 Å². The standard InChI is InChI=1S/C22H32N6.HI/c1-23-22(25-16-19-9-12-24-21(15-19)27(2)3)26-20-10-13-28(14-11-20)17-18-7-5-4-6-8-18;/h4-9,12,15,20H,10-11,13-14,16-17H2,1-3H3,(H2,23,25,26);1H. The van der Waals surface area contributed by atoms with Crippen molar-refractivity contribution in [2.45, 2.75) is 32.0 Å². The first-order chi connectivity index (χ1) is 13.6. The average molecular weight is 508 g/mol. The van der Waals surface area contributed by atoms with Crippen LogP contribution in [0.5, 0.6) is 0 Å². The van der Waals surface area contributed by atoms with Crippen LogP contribution in [0.25, 0.3) is 0 Å². The maximum atomic E-state index is 4.40. The van der Waals surface area contributed by atoms with Crippen LogP contribution in [0.4, 0.5) is 5.82 Å².